The molecule has 1 saturated heterocycles. The van der Waals surface area contributed by atoms with E-state index in [0.717, 1.165) is 17.7 Å². The highest BCUT2D eigenvalue weighted by molar-refractivity contribution is 7.14. The van der Waals surface area contributed by atoms with Crippen LogP contribution in [-0.4, -0.2) is 43.2 Å². The number of likely N-dealkylation sites (tertiary alicyclic amines) is 1. The zero-order chi connectivity index (χ0) is 19.0. The Bertz CT molecular complexity index is 990. The topological polar surface area (TPSA) is 106 Å². The summed E-state index contributed by atoms with van der Waals surface area (Å²) in [6, 6.07) is 5.32. The van der Waals surface area contributed by atoms with Gasteiger partial charge in [-0.25, -0.2) is 0 Å². The molecule has 1 fully saturated rings. The van der Waals surface area contributed by atoms with Crippen LogP contribution in [0.1, 0.15) is 50.0 Å². The average Bonchev–Trinajstić information content (AvgIpc) is 3.41. The van der Waals surface area contributed by atoms with E-state index >= 15 is 0 Å². The van der Waals surface area contributed by atoms with Crippen LogP contribution in [0.3, 0.4) is 0 Å². The minimum atomic E-state index is -0.271. The number of hydrogen-bond donors (Lipinski definition) is 1. The van der Waals surface area contributed by atoms with E-state index in [2.05, 4.69) is 20.6 Å². The molecule has 1 atom stereocenters. The number of nitrogens with zero attached hydrogens (tertiary/aromatic N) is 5. The molecule has 4 rings (SSSR count). The van der Waals surface area contributed by atoms with E-state index in [1.54, 1.807) is 41.9 Å². The molecule has 9 nitrogen and oxygen atoms in total. The molecule has 0 radical (unpaired) electrons. The third kappa shape index (κ3) is 3.35. The quantitative estimate of drug-likeness (QED) is 0.738. The number of nitrogens with one attached hydrogen (secondary N) is 1. The summed E-state index contributed by atoms with van der Waals surface area (Å²) >= 11 is 1.39. The van der Waals surface area contributed by atoms with E-state index in [-0.39, 0.29) is 23.7 Å². The SMILES string of the molecule is Cc1nnc(C(=O)N2CCC[C@@H]2c2ccc(C(=O)Nc3ccnn3C)s2)o1. The first-order chi connectivity index (χ1) is 13.0. The molecule has 1 N–H and O–H groups in total. The monoisotopic (exact) mass is 386 g/mol. The van der Waals surface area contributed by atoms with Gasteiger partial charge < -0.3 is 14.6 Å². The van der Waals surface area contributed by atoms with Crippen molar-refractivity contribution in [3.63, 3.8) is 0 Å². The number of amides is 2. The maximum absolute atomic E-state index is 12.7. The Kier molecular flexibility index (Phi) is 4.48. The summed E-state index contributed by atoms with van der Waals surface area (Å²) in [6.07, 6.45) is 3.34. The number of rotatable bonds is 4. The van der Waals surface area contributed by atoms with Crippen molar-refractivity contribution in [2.45, 2.75) is 25.8 Å². The van der Waals surface area contributed by atoms with E-state index < -0.39 is 0 Å². The lowest BCUT2D eigenvalue weighted by Gasteiger charge is -2.22. The van der Waals surface area contributed by atoms with Gasteiger partial charge in [-0.05, 0) is 25.0 Å². The molecule has 1 aliphatic rings. The highest BCUT2D eigenvalue weighted by Crippen LogP contribution is 2.36. The lowest BCUT2D eigenvalue weighted by Crippen LogP contribution is -2.30. The van der Waals surface area contributed by atoms with Gasteiger partial charge in [-0.3, -0.25) is 14.3 Å². The number of hydrogen-bond acceptors (Lipinski definition) is 7. The molecule has 1 aliphatic heterocycles. The van der Waals surface area contributed by atoms with Gasteiger partial charge in [-0.2, -0.15) is 5.10 Å². The zero-order valence-corrected chi connectivity index (χ0v) is 15.7. The molecule has 0 aliphatic carbocycles. The number of aromatic nitrogens is 4. The summed E-state index contributed by atoms with van der Waals surface area (Å²) in [6.45, 7) is 2.27. The Morgan fingerprint density at radius 3 is 2.85 bits per heavy atom. The molecule has 2 amide bonds. The number of carbonyl (C=O) groups excluding carboxylic acids is 2. The molecule has 0 aromatic carbocycles. The second kappa shape index (κ2) is 6.95. The van der Waals surface area contributed by atoms with Gasteiger partial charge in [-0.15, -0.1) is 21.5 Å². The first kappa shape index (κ1) is 17.4. The minimum Gasteiger partial charge on any atom is -0.417 e. The molecule has 4 heterocycles. The molecule has 140 valence electrons. The number of aryl methyl sites for hydroxylation is 2. The van der Waals surface area contributed by atoms with Crippen molar-refractivity contribution in [2.75, 3.05) is 11.9 Å². The van der Waals surface area contributed by atoms with Crippen LogP contribution in [0.25, 0.3) is 0 Å². The summed E-state index contributed by atoms with van der Waals surface area (Å²) in [7, 11) is 1.76. The molecule has 0 saturated carbocycles. The van der Waals surface area contributed by atoms with E-state index in [0.29, 0.717) is 23.1 Å². The van der Waals surface area contributed by atoms with Gasteiger partial charge in [0.05, 0.1) is 17.1 Å². The summed E-state index contributed by atoms with van der Waals surface area (Å²) < 4.78 is 6.87. The number of anilines is 1. The fourth-order valence-electron chi connectivity index (χ4n) is 3.14. The van der Waals surface area contributed by atoms with E-state index in [4.69, 9.17) is 4.42 Å². The van der Waals surface area contributed by atoms with E-state index in [9.17, 15) is 9.59 Å². The lowest BCUT2D eigenvalue weighted by atomic mass is 10.2. The highest BCUT2D eigenvalue weighted by Gasteiger charge is 2.34. The van der Waals surface area contributed by atoms with Gasteiger partial charge in [0.2, 0.25) is 5.89 Å². The van der Waals surface area contributed by atoms with Crippen LogP contribution >= 0.6 is 11.3 Å². The van der Waals surface area contributed by atoms with Gasteiger partial charge in [0.1, 0.15) is 5.82 Å². The predicted octanol–water partition coefficient (Wildman–Crippen LogP) is 2.40. The molecular formula is C17H18N6O3S. The van der Waals surface area contributed by atoms with Crippen LogP contribution in [-0.2, 0) is 7.05 Å². The first-order valence-electron chi connectivity index (χ1n) is 8.53. The van der Waals surface area contributed by atoms with Crippen LogP contribution in [0.15, 0.2) is 28.8 Å². The third-order valence-corrected chi connectivity index (χ3v) is 5.65. The molecule has 27 heavy (non-hydrogen) atoms. The van der Waals surface area contributed by atoms with Gasteiger partial charge in [0.25, 0.3) is 5.91 Å². The van der Waals surface area contributed by atoms with Crippen molar-refractivity contribution in [3.05, 3.63) is 45.9 Å². The van der Waals surface area contributed by atoms with Gasteiger partial charge in [0.15, 0.2) is 0 Å². The largest absolute Gasteiger partial charge is 0.417 e. The normalized spacial score (nSPS) is 16.7. The van der Waals surface area contributed by atoms with Crippen LogP contribution < -0.4 is 5.32 Å². The smallest absolute Gasteiger partial charge is 0.311 e. The highest BCUT2D eigenvalue weighted by atomic mass is 32.1. The predicted molar refractivity (Wildman–Crippen MR) is 97.5 cm³/mol. The summed E-state index contributed by atoms with van der Waals surface area (Å²) in [4.78, 5) is 28.4. The van der Waals surface area contributed by atoms with Crippen LogP contribution in [0.2, 0.25) is 0 Å². The molecular weight excluding hydrogens is 368 g/mol. The van der Waals surface area contributed by atoms with Gasteiger partial charge in [0, 0.05) is 31.5 Å². The maximum atomic E-state index is 12.7. The Labute approximate surface area is 159 Å². The molecule has 10 heteroatoms. The third-order valence-electron chi connectivity index (χ3n) is 4.46. The summed E-state index contributed by atoms with van der Waals surface area (Å²) in [5.74, 6) is 0.523. The van der Waals surface area contributed by atoms with E-state index in [1.165, 1.54) is 11.3 Å². The minimum absolute atomic E-state index is 0.00475. The maximum Gasteiger partial charge on any atom is 0.311 e. The van der Waals surface area contributed by atoms with Crippen LogP contribution in [0.4, 0.5) is 5.82 Å². The van der Waals surface area contributed by atoms with Crippen LogP contribution in [0, 0.1) is 6.92 Å². The molecule has 3 aromatic heterocycles. The Hall–Kier alpha value is -3.01. The second-order valence-electron chi connectivity index (χ2n) is 6.28. The first-order valence-corrected chi connectivity index (χ1v) is 9.35. The Balaban J connectivity index is 1.51. The fourth-order valence-corrected chi connectivity index (χ4v) is 4.19. The Morgan fingerprint density at radius 1 is 1.30 bits per heavy atom. The van der Waals surface area contributed by atoms with Crippen molar-refractivity contribution in [3.8, 4) is 0 Å². The fraction of sp³-hybridized carbons (Fsp3) is 0.353. The Morgan fingerprint density at radius 2 is 2.15 bits per heavy atom. The average molecular weight is 386 g/mol. The molecule has 3 aromatic rings. The van der Waals surface area contributed by atoms with Crippen molar-refractivity contribution in [2.24, 2.45) is 7.05 Å². The van der Waals surface area contributed by atoms with Gasteiger partial charge >= 0.3 is 11.8 Å². The zero-order valence-electron chi connectivity index (χ0n) is 14.9. The molecule has 0 bridgehead atoms. The number of thiophene rings is 1. The molecule has 0 spiro atoms. The summed E-state index contributed by atoms with van der Waals surface area (Å²) in [5, 5.41) is 14.4. The lowest BCUT2D eigenvalue weighted by molar-refractivity contribution is 0.0695. The molecule has 0 unspecified atom stereocenters. The van der Waals surface area contributed by atoms with E-state index in [1.807, 2.05) is 6.07 Å². The van der Waals surface area contributed by atoms with Crippen molar-refractivity contribution in [1.29, 1.82) is 0 Å². The van der Waals surface area contributed by atoms with Crippen LogP contribution in [0.5, 0.6) is 0 Å². The van der Waals surface area contributed by atoms with Gasteiger partial charge in [-0.1, -0.05) is 0 Å². The van der Waals surface area contributed by atoms with Crippen molar-refractivity contribution < 1.29 is 14.0 Å². The standard InChI is InChI=1S/C17H18N6O3S/c1-10-20-21-16(26-10)17(25)23-9-3-4-11(23)12-5-6-13(27-12)15(24)19-14-7-8-18-22(14)2/h5-8,11H,3-4,9H2,1-2H3,(H,19,24)/t11-/m1/s1. The van der Waals surface area contributed by atoms with Crippen molar-refractivity contribution in [1.82, 2.24) is 24.9 Å². The summed E-state index contributed by atoms with van der Waals surface area (Å²) in [5.41, 5.74) is 0. The second-order valence-corrected chi connectivity index (χ2v) is 7.39. The van der Waals surface area contributed by atoms with Crippen molar-refractivity contribution >= 4 is 29.0 Å². The number of carbonyl (C=O) groups is 2.